The first-order chi connectivity index (χ1) is 11.9. The van der Waals surface area contributed by atoms with E-state index in [-0.39, 0.29) is 11.4 Å². The van der Waals surface area contributed by atoms with Gasteiger partial charge in [0, 0.05) is 19.7 Å². The second kappa shape index (κ2) is 6.24. The molecule has 3 aromatic rings. The van der Waals surface area contributed by atoms with E-state index in [1.165, 1.54) is 14.1 Å². The van der Waals surface area contributed by atoms with Gasteiger partial charge in [0.05, 0.1) is 0 Å². The van der Waals surface area contributed by atoms with Gasteiger partial charge in [-0.2, -0.15) is 0 Å². The van der Waals surface area contributed by atoms with Crippen molar-refractivity contribution < 1.29 is 4.79 Å². The first-order valence-electron chi connectivity index (χ1n) is 7.67. The fraction of sp³-hybridized carbons (Fsp3) is 0.105. The molecule has 126 valence electrons. The largest absolute Gasteiger partial charge is 0.384 e. The minimum Gasteiger partial charge on any atom is -0.384 e. The third kappa shape index (κ3) is 2.78. The summed E-state index contributed by atoms with van der Waals surface area (Å²) < 4.78 is 1.97. The van der Waals surface area contributed by atoms with Crippen molar-refractivity contribution >= 4 is 11.6 Å². The lowest BCUT2D eigenvalue weighted by atomic mass is 10.00. The molecule has 1 heterocycles. The van der Waals surface area contributed by atoms with Crippen molar-refractivity contribution in [1.29, 1.82) is 0 Å². The van der Waals surface area contributed by atoms with Gasteiger partial charge >= 0.3 is 5.69 Å². The quantitative estimate of drug-likeness (QED) is 0.736. The van der Waals surface area contributed by atoms with Crippen LogP contribution in [0.15, 0.2) is 64.2 Å². The standard InChI is InChI=1S/C19H17N3O3/c1-21-17(20)15(18(24)22(2)19(21)25)16(23)14-10-8-13(9-11-14)12-6-4-3-5-7-12/h3-11H,20H2,1-2H3. The molecule has 0 fully saturated rings. The Hall–Kier alpha value is -3.41. The van der Waals surface area contributed by atoms with E-state index in [0.29, 0.717) is 5.56 Å². The van der Waals surface area contributed by atoms with Gasteiger partial charge < -0.3 is 5.73 Å². The van der Waals surface area contributed by atoms with Crippen molar-refractivity contribution in [3.05, 3.63) is 86.6 Å². The maximum Gasteiger partial charge on any atom is 0.332 e. The van der Waals surface area contributed by atoms with Gasteiger partial charge in [-0.25, -0.2) is 4.79 Å². The number of nitrogen functional groups attached to an aromatic ring is 1. The Morgan fingerprint density at radius 2 is 1.40 bits per heavy atom. The number of ketones is 1. The average Bonchev–Trinajstić information content (AvgIpc) is 2.65. The number of hydrogen-bond acceptors (Lipinski definition) is 4. The van der Waals surface area contributed by atoms with E-state index < -0.39 is 17.0 Å². The lowest BCUT2D eigenvalue weighted by Crippen LogP contribution is -2.41. The summed E-state index contributed by atoms with van der Waals surface area (Å²) in [5.41, 5.74) is 6.70. The number of nitrogens with zero attached hydrogens (tertiary/aromatic N) is 2. The third-order valence-electron chi connectivity index (χ3n) is 4.19. The van der Waals surface area contributed by atoms with Crippen molar-refractivity contribution in [3.63, 3.8) is 0 Å². The summed E-state index contributed by atoms with van der Waals surface area (Å²) in [6, 6.07) is 16.7. The normalized spacial score (nSPS) is 10.6. The van der Waals surface area contributed by atoms with E-state index >= 15 is 0 Å². The molecule has 0 bridgehead atoms. The highest BCUT2D eigenvalue weighted by atomic mass is 16.2. The molecule has 0 unspecified atom stereocenters. The second-order valence-corrected chi connectivity index (χ2v) is 5.74. The fourth-order valence-corrected chi connectivity index (χ4v) is 2.66. The Balaban J connectivity index is 2.06. The minimum absolute atomic E-state index is 0.134. The Kier molecular flexibility index (Phi) is 4.10. The summed E-state index contributed by atoms with van der Waals surface area (Å²) >= 11 is 0. The number of rotatable bonds is 3. The fourth-order valence-electron chi connectivity index (χ4n) is 2.66. The Morgan fingerprint density at radius 1 is 0.840 bits per heavy atom. The Labute approximate surface area is 143 Å². The highest BCUT2D eigenvalue weighted by Gasteiger charge is 2.21. The Morgan fingerprint density at radius 3 is 2.00 bits per heavy atom. The van der Waals surface area contributed by atoms with E-state index in [1.807, 2.05) is 42.5 Å². The van der Waals surface area contributed by atoms with Crippen LogP contribution in [0.2, 0.25) is 0 Å². The molecular weight excluding hydrogens is 318 g/mol. The number of hydrogen-bond donors (Lipinski definition) is 1. The van der Waals surface area contributed by atoms with Gasteiger partial charge in [0.15, 0.2) is 0 Å². The van der Waals surface area contributed by atoms with Crippen molar-refractivity contribution in [2.45, 2.75) is 0 Å². The van der Waals surface area contributed by atoms with E-state index in [1.54, 1.807) is 12.1 Å². The molecule has 0 aliphatic rings. The van der Waals surface area contributed by atoms with Crippen LogP contribution < -0.4 is 17.0 Å². The topological polar surface area (TPSA) is 87.1 Å². The molecule has 25 heavy (non-hydrogen) atoms. The lowest BCUT2D eigenvalue weighted by molar-refractivity contribution is 0.103. The van der Waals surface area contributed by atoms with E-state index in [0.717, 1.165) is 20.3 Å². The zero-order valence-electron chi connectivity index (χ0n) is 13.9. The number of carbonyl (C=O) groups is 1. The summed E-state index contributed by atoms with van der Waals surface area (Å²) in [4.78, 5) is 36.9. The van der Waals surface area contributed by atoms with Crippen molar-refractivity contribution in [1.82, 2.24) is 9.13 Å². The monoisotopic (exact) mass is 335 g/mol. The van der Waals surface area contributed by atoms with Crippen molar-refractivity contribution in [2.24, 2.45) is 14.1 Å². The highest BCUT2D eigenvalue weighted by Crippen LogP contribution is 2.20. The van der Waals surface area contributed by atoms with E-state index in [2.05, 4.69) is 0 Å². The maximum atomic E-state index is 12.7. The van der Waals surface area contributed by atoms with Gasteiger partial charge in [-0.15, -0.1) is 0 Å². The first kappa shape index (κ1) is 16.4. The molecule has 0 saturated heterocycles. The SMILES string of the molecule is Cn1c(N)c(C(=O)c2ccc(-c3ccccc3)cc2)c(=O)n(C)c1=O. The summed E-state index contributed by atoms with van der Waals surface area (Å²) in [5.74, 6) is -0.640. The molecule has 6 nitrogen and oxygen atoms in total. The zero-order valence-corrected chi connectivity index (χ0v) is 13.9. The van der Waals surface area contributed by atoms with Crippen LogP contribution in [0, 0.1) is 0 Å². The lowest BCUT2D eigenvalue weighted by Gasteiger charge is -2.11. The van der Waals surface area contributed by atoms with Gasteiger partial charge in [0.25, 0.3) is 5.56 Å². The molecule has 6 heteroatoms. The third-order valence-corrected chi connectivity index (χ3v) is 4.19. The highest BCUT2D eigenvalue weighted by molar-refractivity contribution is 6.11. The molecule has 0 atom stereocenters. The molecule has 0 aliphatic carbocycles. The van der Waals surface area contributed by atoms with Gasteiger partial charge in [-0.1, -0.05) is 54.6 Å². The summed E-state index contributed by atoms with van der Waals surface area (Å²) in [5, 5.41) is 0. The molecular formula is C19H17N3O3. The molecule has 0 spiro atoms. The predicted octanol–water partition coefficient (Wildman–Crippen LogP) is 1.56. The van der Waals surface area contributed by atoms with Crippen LogP contribution in [-0.4, -0.2) is 14.9 Å². The molecule has 0 aliphatic heterocycles. The van der Waals surface area contributed by atoms with Crippen molar-refractivity contribution in [2.75, 3.05) is 5.73 Å². The molecule has 3 rings (SSSR count). The van der Waals surface area contributed by atoms with Crippen LogP contribution in [0.4, 0.5) is 5.82 Å². The summed E-state index contributed by atoms with van der Waals surface area (Å²) in [6.45, 7) is 0. The van der Waals surface area contributed by atoms with Gasteiger partial charge in [-0.3, -0.25) is 18.7 Å². The number of carbonyl (C=O) groups excluding carboxylic acids is 1. The first-order valence-corrected chi connectivity index (χ1v) is 7.67. The van der Waals surface area contributed by atoms with Gasteiger partial charge in [-0.05, 0) is 11.1 Å². The van der Waals surface area contributed by atoms with Crippen LogP contribution in [0.3, 0.4) is 0 Å². The second-order valence-electron chi connectivity index (χ2n) is 5.74. The van der Waals surface area contributed by atoms with Gasteiger partial charge in [0.2, 0.25) is 5.78 Å². The maximum absolute atomic E-state index is 12.7. The molecule has 0 radical (unpaired) electrons. The summed E-state index contributed by atoms with van der Waals surface area (Å²) in [7, 11) is 2.74. The Bertz CT molecular complexity index is 1060. The summed E-state index contributed by atoms with van der Waals surface area (Å²) in [6.07, 6.45) is 0. The number of nitrogens with two attached hydrogens (primary N) is 1. The molecule has 0 amide bonds. The predicted molar refractivity (Wildman–Crippen MR) is 96.6 cm³/mol. The molecule has 2 aromatic carbocycles. The van der Waals surface area contributed by atoms with Crippen LogP contribution in [0.25, 0.3) is 11.1 Å². The van der Waals surface area contributed by atoms with E-state index in [9.17, 15) is 14.4 Å². The van der Waals surface area contributed by atoms with Crippen LogP contribution in [0.1, 0.15) is 15.9 Å². The average molecular weight is 335 g/mol. The van der Waals surface area contributed by atoms with Crippen LogP contribution in [0.5, 0.6) is 0 Å². The van der Waals surface area contributed by atoms with Crippen molar-refractivity contribution in [3.8, 4) is 11.1 Å². The van der Waals surface area contributed by atoms with Crippen LogP contribution >= 0.6 is 0 Å². The smallest absolute Gasteiger partial charge is 0.332 e. The number of anilines is 1. The van der Waals surface area contributed by atoms with Gasteiger partial charge in [0.1, 0.15) is 11.4 Å². The van der Waals surface area contributed by atoms with E-state index in [4.69, 9.17) is 5.73 Å². The molecule has 1 aromatic heterocycles. The zero-order chi connectivity index (χ0) is 18.1. The molecule has 2 N–H and O–H groups in total. The number of aromatic nitrogens is 2. The number of benzene rings is 2. The molecule has 0 saturated carbocycles. The minimum atomic E-state index is -0.697. The van der Waals surface area contributed by atoms with Crippen LogP contribution in [-0.2, 0) is 14.1 Å².